The van der Waals surface area contributed by atoms with Gasteiger partial charge in [-0.25, -0.2) is 8.42 Å². The molecule has 1 unspecified atom stereocenters. The monoisotopic (exact) mass is 469 g/mol. The number of carbonyl (C=O) groups is 1. The standard InChI is InChI=1S/C22H19N3O7S/c26-22(23-13-18-14-31-20-6-1-2-7-21(20)32-18)15-8-10-16(11-9-15)24-33(29,30)19-5-3-4-17(12-19)25(27)28/h1-12,18,24H,13-14H2,(H,23,26). The van der Waals surface area contributed by atoms with E-state index in [4.69, 9.17) is 9.47 Å². The van der Waals surface area contributed by atoms with Gasteiger partial charge in [0.15, 0.2) is 11.5 Å². The van der Waals surface area contributed by atoms with Crippen LogP contribution in [0.4, 0.5) is 11.4 Å². The van der Waals surface area contributed by atoms with Crippen LogP contribution in [0.25, 0.3) is 0 Å². The minimum atomic E-state index is -4.04. The van der Waals surface area contributed by atoms with Gasteiger partial charge in [-0.15, -0.1) is 0 Å². The number of nitrogens with one attached hydrogen (secondary N) is 2. The van der Waals surface area contributed by atoms with E-state index in [-0.39, 0.29) is 34.8 Å². The number of nitrogens with zero attached hydrogens (tertiary/aromatic N) is 1. The number of amides is 1. The predicted molar refractivity (Wildman–Crippen MR) is 119 cm³/mol. The van der Waals surface area contributed by atoms with Gasteiger partial charge in [-0.2, -0.15) is 0 Å². The second-order valence-corrected chi connectivity index (χ2v) is 8.83. The third kappa shape index (κ3) is 5.21. The molecule has 1 aliphatic heterocycles. The summed E-state index contributed by atoms with van der Waals surface area (Å²) >= 11 is 0. The minimum absolute atomic E-state index is 0.207. The van der Waals surface area contributed by atoms with E-state index in [2.05, 4.69) is 10.0 Å². The maximum Gasteiger partial charge on any atom is 0.270 e. The summed E-state index contributed by atoms with van der Waals surface area (Å²) in [5.41, 5.74) is 0.199. The topological polar surface area (TPSA) is 137 Å². The zero-order valence-electron chi connectivity index (χ0n) is 17.1. The molecule has 0 bridgehead atoms. The highest BCUT2D eigenvalue weighted by atomic mass is 32.2. The number of carbonyl (C=O) groups excluding carboxylic acids is 1. The third-order valence-electron chi connectivity index (χ3n) is 4.80. The van der Waals surface area contributed by atoms with Gasteiger partial charge in [-0.05, 0) is 42.5 Å². The molecule has 1 aliphatic rings. The Morgan fingerprint density at radius 2 is 1.76 bits per heavy atom. The van der Waals surface area contributed by atoms with Gasteiger partial charge in [0.05, 0.1) is 16.4 Å². The maximum atomic E-state index is 12.5. The number of ether oxygens (including phenoxy) is 2. The summed E-state index contributed by atoms with van der Waals surface area (Å²) in [4.78, 5) is 22.4. The smallest absolute Gasteiger partial charge is 0.270 e. The van der Waals surface area contributed by atoms with Gasteiger partial charge in [0.1, 0.15) is 12.7 Å². The Hall–Kier alpha value is -4.12. The van der Waals surface area contributed by atoms with Crippen molar-refractivity contribution in [1.82, 2.24) is 5.32 Å². The Kier molecular flexibility index (Phi) is 6.13. The van der Waals surface area contributed by atoms with Crippen LogP contribution >= 0.6 is 0 Å². The molecule has 10 nitrogen and oxygen atoms in total. The third-order valence-corrected chi connectivity index (χ3v) is 6.17. The average molecular weight is 469 g/mol. The molecular weight excluding hydrogens is 450 g/mol. The number of non-ortho nitro benzene ring substituents is 1. The summed E-state index contributed by atoms with van der Waals surface area (Å²) in [6, 6.07) is 17.8. The normalized spacial score (nSPS) is 14.8. The van der Waals surface area contributed by atoms with Gasteiger partial charge >= 0.3 is 0 Å². The second-order valence-electron chi connectivity index (χ2n) is 7.14. The molecule has 33 heavy (non-hydrogen) atoms. The summed E-state index contributed by atoms with van der Waals surface area (Å²) in [7, 11) is -4.04. The fraction of sp³-hybridized carbons (Fsp3) is 0.136. The van der Waals surface area contributed by atoms with Crippen LogP contribution in [0.2, 0.25) is 0 Å². The van der Waals surface area contributed by atoms with Crippen molar-refractivity contribution < 1.29 is 27.6 Å². The Labute approximate surface area is 189 Å². The number of hydrogen-bond acceptors (Lipinski definition) is 7. The minimum Gasteiger partial charge on any atom is -0.486 e. The lowest BCUT2D eigenvalue weighted by atomic mass is 10.2. The van der Waals surface area contributed by atoms with Gasteiger partial charge in [-0.3, -0.25) is 19.6 Å². The first kappa shape index (κ1) is 22.1. The highest BCUT2D eigenvalue weighted by Crippen LogP contribution is 2.30. The van der Waals surface area contributed by atoms with Crippen LogP contribution in [0, 0.1) is 10.1 Å². The predicted octanol–water partition coefficient (Wildman–Crippen LogP) is 2.97. The Bertz CT molecular complexity index is 1290. The summed E-state index contributed by atoms with van der Waals surface area (Å²) in [6.45, 7) is 0.532. The summed E-state index contributed by atoms with van der Waals surface area (Å²) in [6.07, 6.45) is -0.343. The molecule has 2 N–H and O–H groups in total. The quantitative estimate of drug-likeness (QED) is 0.401. The van der Waals surface area contributed by atoms with E-state index in [0.29, 0.717) is 23.7 Å². The molecule has 0 saturated carbocycles. The molecule has 0 saturated heterocycles. The SMILES string of the molecule is O=C(NCC1COc2ccccc2O1)c1ccc(NS(=O)(=O)c2cccc([N+](=O)[O-])c2)cc1. The average Bonchev–Trinajstić information content (AvgIpc) is 2.82. The maximum absolute atomic E-state index is 12.5. The van der Waals surface area contributed by atoms with Crippen LogP contribution in [0.3, 0.4) is 0 Å². The first-order valence-electron chi connectivity index (χ1n) is 9.86. The van der Waals surface area contributed by atoms with Gasteiger partial charge in [0, 0.05) is 23.4 Å². The van der Waals surface area contributed by atoms with Gasteiger partial charge in [-0.1, -0.05) is 18.2 Å². The molecule has 0 fully saturated rings. The van der Waals surface area contributed by atoms with Crippen molar-refractivity contribution in [3.05, 3.63) is 88.5 Å². The summed E-state index contributed by atoms with van der Waals surface area (Å²) < 4.78 is 38.8. The van der Waals surface area contributed by atoms with Gasteiger partial charge in [0.25, 0.3) is 21.6 Å². The summed E-state index contributed by atoms with van der Waals surface area (Å²) in [5.74, 6) is 0.914. The van der Waals surface area contributed by atoms with Crippen LogP contribution in [0.1, 0.15) is 10.4 Å². The fourth-order valence-corrected chi connectivity index (χ4v) is 4.24. The van der Waals surface area contributed by atoms with Crippen LogP contribution in [0.15, 0.2) is 77.7 Å². The molecule has 170 valence electrons. The van der Waals surface area contributed by atoms with Crippen molar-refractivity contribution in [3.63, 3.8) is 0 Å². The number of rotatable bonds is 7. The van der Waals surface area contributed by atoms with Crippen LogP contribution in [-0.2, 0) is 10.0 Å². The van der Waals surface area contributed by atoms with E-state index in [1.54, 1.807) is 12.1 Å². The van der Waals surface area contributed by atoms with Crippen LogP contribution < -0.4 is 19.5 Å². The van der Waals surface area contributed by atoms with Crippen molar-refractivity contribution in [3.8, 4) is 11.5 Å². The largest absolute Gasteiger partial charge is 0.486 e. The number of benzene rings is 3. The summed E-state index contributed by atoms with van der Waals surface area (Å²) in [5, 5.41) is 13.6. The molecule has 3 aromatic rings. The number of nitro benzene ring substituents is 1. The van der Waals surface area contributed by atoms with Crippen molar-refractivity contribution >= 4 is 27.3 Å². The van der Waals surface area contributed by atoms with Crippen LogP contribution in [-0.4, -0.2) is 38.5 Å². The number of fused-ring (bicyclic) bond motifs is 1. The molecule has 1 atom stereocenters. The first-order chi connectivity index (χ1) is 15.8. The second kappa shape index (κ2) is 9.17. The van der Waals surface area contributed by atoms with E-state index in [1.165, 1.54) is 42.5 Å². The molecule has 0 radical (unpaired) electrons. The van der Waals surface area contributed by atoms with Crippen molar-refractivity contribution in [2.45, 2.75) is 11.0 Å². The lowest BCUT2D eigenvalue weighted by Crippen LogP contribution is -2.40. The van der Waals surface area contributed by atoms with Crippen molar-refractivity contribution in [1.29, 1.82) is 0 Å². The Morgan fingerprint density at radius 1 is 1.03 bits per heavy atom. The number of sulfonamides is 1. The van der Waals surface area contributed by atoms with E-state index in [1.807, 2.05) is 12.1 Å². The fourth-order valence-electron chi connectivity index (χ4n) is 3.14. The number of hydrogen-bond donors (Lipinski definition) is 2. The van der Waals surface area contributed by atoms with Crippen LogP contribution in [0.5, 0.6) is 11.5 Å². The lowest BCUT2D eigenvalue weighted by Gasteiger charge is -2.26. The molecule has 11 heteroatoms. The van der Waals surface area contributed by atoms with Gasteiger partial charge in [0.2, 0.25) is 0 Å². The van der Waals surface area contributed by atoms with E-state index in [9.17, 15) is 23.3 Å². The highest BCUT2D eigenvalue weighted by Gasteiger charge is 2.22. The molecule has 1 heterocycles. The van der Waals surface area contributed by atoms with E-state index < -0.39 is 14.9 Å². The zero-order chi connectivity index (χ0) is 23.4. The lowest BCUT2D eigenvalue weighted by molar-refractivity contribution is -0.385. The molecule has 0 aliphatic carbocycles. The Morgan fingerprint density at radius 3 is 2.48 bits per heavy atom. The number of para-hydroxylation sites is 2. The van der Waals surface area contributed by atoms with Crippen molar-refractivity contribution in [2.24, 2.45) is 0 Å². The molecule has 1 amide bonds. The van der Waals surface area contributed by atoms with E-state index >= 15 is 0 Å². The molecule has 0 spiro atoms. The van der Waals surface area contributed by atoms with Gasteiger partial charge < -0.3 is 14.8 Å². The first-order valence-corrected chi connectivity index (χ1v) is 11.3. The molecular formula is C22H19N3O7S. The number of nitro groups is 1. The highest BCUT2D eigenvalue weighted by molar-refractivity contribution is 7.92. The molecule has 0 aromatic heterocycles. The number of anilines is 1. The van der Waals surface area contributed by atoms with Crippen molar-refractivity contribution in [2.75, 3.05) is 17.9 Å². The molecule has 4 rings (SSSR count). The Balaban J connectivity index is 1.35. The molecule has 3 aromatic carbocycles. The van der Waals surface area contributed by atoms with E-state index in [0.717, 1.165) is 6.07 Å². The zero-order valence-corrected chi connectivity index (χ0v) is 17.9.